The van der Waals surface area contributed by atoms with Crippen LogP contribution in [0.5, 0.6) is 11.5 Å². The molecule has 0 aliphatic carbocycles. The van der Waals surface area contributed by atoms with Gasteiger partial charge < -0.3 is 20.5 Å². The number of hydrogen-bond donors (Lipinski definition) is 2. The third kappa shape index (κ3) is 5.43. The first kappa shape index (κ1) is 19.3. The summed E-state index contributed by atoms with van der Waals surface area (Å²) in [6, 6.07) is 4.94. The maximum absolute atomic E-state index is 12.2. The normalized spacial score (nSPS) is 14.3. The van der Waals surface area contributed by atoms with E-state index < -0.39 is 6.04 Å². The van der Waals surface area contributed by atoms with E-state index in [9.17, 15) is 4.79 Å². The number of carbonyl (C=O) groups is 1. The lowest BCUT2D eigenvalue weighted by molar-refractivity contribution is -0.125. The second-order valence-electron chi connectivity index (χ2n) is 7.15. The standard InChI is InChI=1S/C18H30N2O3/c1-11(2)23-14-9-8-13(10-15(14)22-7)12(3)20-17(21)16(19)18(4,5)6/h8-12,16H,19H2,1-7H3,(H,20,21)/t12?,16-/m1/s1. The first-order chi connectivity index (χ1) is 10.6. The van der Waals surface area contributed by atoms with Crippen LogP contribution in [0.25, 0.3) is 0 Å². The van der Waals surface area contributed by atoms with Crippen LogP contribution >= 0.6 is 0 Å². The van der Waals surface area contributed by atoms with Gasteiger partial charge in [0.15, 0.2) is 11.5 Å². The van der Waals surface area contributed by atoms with Crippen molar-refractivity contribution in [3.8, 4) is 11.5 Å². The molecule has 1 aromatic rings. The molecule has 0 aliphatic heterocycles. The lowest BCUT2D eigenvalue weighted by Crippen LogP contribution is -2.49. The number of amides is 1. The van der Waals surface area contributed by atoms with Crippen molar-refractivity contribution in [3.05, 3.63) is 23.8 Å². The van der Waals surface area contributed by atoms with Crippen molar-refractivity contribution < 1.29 is 14.3 Å². The van der Waals surface area contributed by atoms with E-state index in [-0.39, 0.29) is 23.5 Å². The second kappa shape index (κ2) is 7.68. The Morgan fingerprint density at radius 1 is 1.17 bits per heavy atom. The number of benzene rings is 1. The van der Waals surface area contributed by atoms with E-state index >= 15 is 0 Å². The van der Waals surface area contributed by atoms with Gasteiger partial charge in [0.2, 0.25) is 5.91 Å². The molecule has 0 aromatic heterocycles. The minimum Gasteiger partial charge on any atom is -0.493 e. The highest BCUT2D eigenvalue weighted by Gasteiger charge is 2.28. The highest BCUT2D eigenvalue weighted by molar-refractivity contribution is 5.82. The van der Waals surface area contributed by atoms with Crippen LogP contribution in [0.2, 0.25) is 0 Å². The van der Waals surface area contributed by atoms with Crippen molar-refractivity contribution in [2.45, 2.75) is 59.7 Å². The van der Waals surface area contributed by atoms with Crippen LogP contribution in [0, 0.1) is 5.41 Å². The Labute approximate surface area is 139 Å². The summed E-state index contributed by atoms with van der Waals surface area (Å²) in [4.78, 5) is 12.2. The lowest BCUT2D eigenvalue weighted by atomic mass is 9.86. The fourth-order valence-electron chi connectivity index (χ4n) is 2.08. The van der Waals surface area contributed by atoms with Gasteiger partial charge in [-0.25, -0.2) is 0 Å². The molecule has 5 nitrogen and oxygen atoms in total. The summed E-state index contributed by atoms with van der Waals surface area (Å²) in [5.41, 5.74) is 6.66. The number of nitrogens with one attached hydrogen (secondary N) is 1. The fraction of sp³-hybridized carbons (Fsp3) is 0.611. The Morgan fingerprint density at radius 3 is 2.26 bits per heavy atom. The maximum Gasteiger partial charge on any atom is 0.237 e. The van der Waals surface area contributed by atoms with Gasteiger partial charge in [0.1, 0.15) is 0 Å². The molecule has 0 aliphatic rings. The van der Waals surface area contributed by atoms with Gasteiger partial charge >= 0.3 is 0 Å². The van der Waals surface area contributed by atoms with Crippen LogP contribution in [0.15, 0.2) is 18.2 Å². The van der Waals surface area contributed by atoms with Crippen molar-refractivity contribution in [1.82, 2.24) is 5.32 Å². The zero-order chi connectivity index (χ0) is 17.8. The SMILES string of the molecule is COc1cc(C(C)NC(=O)[C@@H](N)C(C)(C)C)ccc1OC(C)C. The molecule has 0 saturated carbocycles. The summed E-state index contributed by atoms with van der Waals surface area (Å²) in [6.07, 6.45) is 0.0664. The van der Waals surface area contributed by atoms with Gasteiger partial charge in [-0.15, -0.1) is 0 Å². The van der Waals surface area contributed by atoms with E-state index in [2.05, 4.69) is 5.32 Å². The van der Waals surface area contributed by atoms with Crippen LogP contribution in [-0.4, -0.2) is 25.2 Å². The van der Waals surface area contributed by atoms with Crippen molar-refractivity contribution >= 4 is 5.91 Å². The van der Waals surface area contributed by atoms with E-state index in [0.29, 0.717) is 11.5 Å². The topological polar surface area (TPSA) is 73.6 Å². The lowest BCUT2D eigenvalue weighted by Gasteiger charge is -2.27. The molecule has 130 valence electrons. The second-order valence-corrected chi connectivity index (χ2v) is 7.15. The minimum atomic E-state index is -0.560. The summed E-state index contributed by atoms with van der Waals surface area (Å²) >= 11 is 0. The summed E-state index contributed by atoms with van der Waals surface area (Å²) in [5.74, 6) is 1.18. The molecule has 0 saturated heterocycles. The Balaban J connectivity index is 2.88. The van der Waals surface area contributed by atoms with Crippen molar-refractivity contribution in [2.75, 3.05) is 7.11 Å². The quantitative estimate of drug-likeness (QED) is 0.844. The van der Waals surface area contributed by atoms with Crippen molar-refractivity contribution in [3.63, 3.8) is 0 Å². The van der Waals surface area contributed by atoms with Gasteiger partial charge in [0.05, 0.1) is 25.3 Å². The number of ether oxygens (including phenoxy) is 2. The third-order valence-electron chi connectivity index (χ3n) is 3.62. The van der Waals surface area contributed by atoms with Gasteiger partial charge in [-0.3, -0.25) is 4.79 Å². The zero-order valence-electron chi connectivity index (χ0n) is 15.3. The molecular weight excluding hydrogens is 292 g/mol. The molecule has 0 bridgehead atoms. The van der Waals surface area contributed by atoms with Crippen LogP contribution in [0.4, 0.5) is 0 Å². The molecule has 0 fully saturated rings. The fourth-order valence-corrected chi connectivity index (χ4v) is 2.08. The molecule has 1 rings (SSSR count). The van der Waals surface area contributed by atoms with Crippen LogP contribution in [0.3, 0.4) is 0 Å². The molecular formula is C18H30N2O3. The minimum absolute atomic E-state index is 0.0664. The van der Waals surface area contributed by atoms with Gasteiger partial charge in [0, 0.05) is 0 Å². The molecule has 2 atom stereocenters. The van der Waals surface area contributed by atoms with Crippen LogP contribution in [0.1, 0.15) is 53.1 Å². The van der Waals surface area contributed by atoms with Crippen molar-refractivity contribution in [1.29, 1.82) is 0 Å². The average Bonchev–Trinajstić information content (AvgIpc) is 2.44. The van der Waals surface area contributed by atoms with E-state index in [1.807, 2.05) is 59.7 Å². The number of rotatable bonds is 6. The molecule has 1 aromatic carbocycles. The van der Waals surface area contributed by atoms with Gasteiger partial charge in [-0.1, -0.05) is 26.8 Å². The number of hydrogen-bond acceptors (Lipinski definition) is 4. The average molecular weight is 322 g/mol. The Bertz CT molecular complexity index is 536. The molecule has 23 heavy (non-hydrogen) atoms. The number of nitrogens with two attached hydrogens (primary N) is 1. The van der Waals surface area contributed by atoms with Gasteiger partial charge in [-0.2, -0.15) is 0 Å². The first-order valence-corrected chi connectivity index (χ1v) is 7.96. The number of methoxy groups -OCH3 is 1. The van der Waals surface area contributed by atoms with Gasteiger partial charge in [0.25, 0.3) is 0 Å². The summed E-state index contributed by atoms with van der Waals surface area (Å²) < 4.78 is 11.1. The molecule has 0 radical (unpaired) electrons. The molecule has 0 heterocycles. The zero-order valence-corrected chi connectivity index (χ0v) is 15.3. The summed E-state index contributed by atoms with van der Waals surface area (Å²) in [7, 11) is 1.60. The molecule has 1 amide bonds. The van der Waals surface area contributed by atoms with E-state index in [0.717, 1.165) is 5.56 Å². The highest BCUT2D eigenvalue weighted by atomic mass is 16.5. The molecule has 5 heteroatoms. The monoisotopic (exact) mass is 322 g/mol. The predicted molar refractivity (Wildman–Crippen MR) is 92.7 cm³/mol. The predicted octanol–water partition coefficient (Wildman–Crippen LogP) is 3.03. The maximum atomic E-state index is 12.2. The molecule has 0 spiro atoms. The van der Waals surface area contributed by atoms with Gasteiger partial charge in [-0.05, 0) is 43.9 Å². The van der Waals surface area contributed by atoms with E-state index in [4.69, 9.17) is 15.2 Å². The third-order valence-corrected chi connectivity index (χ3v) is 3.62. The number of carbonyl (C=O) groups excluding carboxylic acids is 1. The van der Waals surface area contributed by atoms with Crippen molar-refractivity contribution in [2.24, 2.45) is 11.1 Å². The Morgan fingerprint density at radius 2 is 1.78 bits per heavy atom. The first-order valence-electron chi connectivity index (χ1n) is 7.96. The van der Waals surface area contributed by atoms with Crippen LogP contribution < -0.4 is 20.5 Å². The smallest absolute Gasteiger partial charge is 0.237 e. The molecule has 3 N–H and O–H groups in total. The van der Waals surface area contributed by atoms with Crippen LogP contribution in [-0.2, 0) is 4.79 Å². The largest absolute Gasteiger partial charge is 0.493 e. The Hall–Kier alpha value is -1.75. The van der Waals surface area contributed by atoms with E-state index in [1.165, 1.54) is 0 Å². The Kier molecular flexibility index (Phi) is 6.45. The molecule has 1 unspecified atom stereocenters. The summed E-state index contributed by atoms with van der Waals surface area (Å²) in [5, 5.41) is 2.95. The summed E-state index contributed by atoms with van der Waals surface area (Å²) in [6.45, 7) is 11.7. The highest BCUT2D eigenvalue weighted by Crippen LogP contribution is 2.31. The van der Waals surface area contributed by atoms with E-state index in [1.54, 1.807) is 7.11 Å².